The molecule has 1 aromatic rings. The van der Waals surface area contributed by atoms with Crippen molar-refractivity contribution in [2.75, 3.05) is 0 Å². The van der Waals surface area contributed by atoms with E-state index in [1.165, 1.54) is 6.42 Å². The Bertz CT molecular complexity index is 568. The van der Waals surface area contributed by atoms with E-state index in [0.717, 1.165) is 12.0 Å². The lowest BCUT2D eigenvalue weighted by Gasteiger charge is -2.51. The number of amides is 1. The number of ether oxygens (including phenoxy) is 1. The van der Waals surface area contributed by atoms with E-state index in [0.29, 0.717) is 12.0 Å². The van der Waals surface area contributed by atoms with Gasteiger partial charge in [-0.05, 0) is 45.7 Å². The van der Waals surface area contributed by atoms with Crippen LogP contribution in [0.3, 0.4) is 0 Å². The topological polar surface area (TPSA) is 29.3 Å². The van der Waals surface area contributed by atoms with E-state index in [9.17, 15) is 4.79 Å². The highest BCUT2D eigenvalue weighted by Crippen LogP contribution is 2.60. The molecule has 1 aromatic carbocycles. The summed E-state index contributed by atoms with van der Waals surface area (Å²) in [5.41, 5.74) is 0.524. The van der Waals surface area contributed by atoms with Crippen LogP contribution in [0.25, 0.3) is 0 Å². The van der Waals surface area contributed by atoms with Crippen LogP contribution in [0.4, 0.5) is 0 Å². The Kier molecular flexibility index (Phi) is 2.26. The van der Waals surface area contributed by atoms with Gasteiger partial charge < -0.3 is 9.64 Å². The Balaban J connectivity index is 1.67. The normalized spacial score (nSPS) is 40.4. The van der Waals surface area contributed by atoms with E-state index < -0.39 is 0 Å². The zero-order valence-corrected chi connectivity index (χ0v) is 12.3. The van der Waals surface area contributed by atoms with Gasteiger partial charge >= 0.3 is 0 Å². The molecular weight excluding hydrogens is 250 g/mol. The van der Waals surface area contributed by atoms with E-state index in [4.69, 9.17) is 4.74 Å². The molecule has 0 N–H and O–H groups in total. The molecule has 0 aromatic heterocycles. The number of fused-ring (bicyclic) bond motifs is 2. The van der Waals surface area contributed by atoms with Crippen molar-refractivity contribution < 1.29 is 9.53 Å². The molecule has 4 unspecified atom stereocenters. The molecule has 3 heteroatoms. The summed E-state index contributed by atoms with van der Waals surface area (Å²) in [5, 5.41) is 0. The third-order valence-electron chi connectivity index (χ3n) is 5.49. The van der Waals surface area contributed by atoms with Crippen LogP contribution >= 0.6 is 0 Å². The van der Waals surface area contributed by atoms with Crippen LogP contribution in [0.2, 0.25) is 0 Å². The lowest BCUT2D eigenvalue weighted by molar-refractivity contribution is -0.214. The van der Waals surface area contributed by atoms with E-state index in [-0.39, 0.29) is 23.2 Å². The molecule has 4 aliphatic rings. The summed E-state index contributed by atoms with van der Waals surface area (Å²) in [4.78, 5) is 14.8. The standard InChI is InChI=1S/C17H21NO2/c1-16(2)12-9-10-17(3,20-16)14-13(12)18(14)15(19)11-7-5-4-6-8-11/h4-8,12-14H,9-10H2,1-3H3. The van der Waals surface area contributed by atoms with Crippen LogP contribution < -0.4 is 0 Å². The van der Waals surface area contributed by atoms with Crippen molar-refractivity contribution in [2.24, 2.45) is 5.92 Å². The number of benzene rings is 1. The van der Waals surface area contributed by atoms with Crippen LogP contribution in [-0.4, -0.2) is 34.1 Å². The quantitative estimate of drug-likeness (QED) is 0.735. The first-order chi connectivity index (χ1) is 9.44. The predicted molar refractivity (Wildman–Crippen MR) is 76.5 cm³/mol. The molecule has 3 saturated heterocycles. The van der Waals surface area contributed by atoms with Gasteiger partial charge in [-0.1, -0.05) is 18.2 Å². The van der Waals surface area contributed by atoms with E-state index in [1.54, 1.807) is 0 Å². The van der Waals surface area contributed by atoms with Crippen LogP contribution in [0.1, 0.15) is 44.0 Å². The maximum Gasteiger partial charge on any atom is 0.254 e. The Morgan fingerprint density at radius 3 is 2.60 bits per heavy atom. The third kappa shape index (κ3) is 1.47. The van der Waals surface area contributed by atoms with Crippen molar-refractivity contribution >= 4 is 5.91 Å². The average molecular weight is 271 g/mol. The minimum absolute atomic E-state index is 0.111. The fourth-order valence-corrected chi connectivity index (χ4v) is 4.62. The number of hydrogen-bond donors (Lipinski definition) is 0. The molecular formula is C17H21NO2. The van der Waals surface area contributed by atoms with Crippen LogP contribution in [0, 0.1) is 5.92 Å². The molecule has 0 spiro atoms. The largest absolute Gasteiger partial charge is 0.367 e. The van der Waals surface area contributed by atoms with Crippen LogP contribution in [0.15, 0.2) is 30.3 Å². The summed E-state index contributed by atoms with van der Waals surface area (Å²) < 4.78 is 6.34. The predicted octanol–water partition coefficient (Wildman–Crippen LogP) is 2.86. The number of likely N-dealkylation sites (tertiary alicyclic amines) is 1. The zero-order valence-electron chi connectivity index (χ0n) is 12.3. The Morgan fingerprint density at radius 1 is 1.25 bits per heavy atom. The SMILES string of the molecule is CC1(C)OC2(C)CCC1C1C2N1C(=O)c1ccccc1. The lowest BCUT2D eigenvalue weighted by Crippen LogP contribution is -2.58. The zero-order chi connectivity index (χ0) is 14.1. The first-order valence-corrected chi connectivity index (χ1v) is 7.52. The number of carbonyl (C=O) groups is 1. The van der Waals surface area contributed by atoms with Crippen LogP contribution in [0.5, 0.6) is 0 Å². The van der Waals surface area contributed by atoms with Crippen molar-refractivity contribution in [1.82, 2.24) is 4.90 Å². The van der Waals surface area contributed by atoms with Gasteiger partial charge in [-0.2, -0.15) is 0 Å². The van der Waals surface area contributed by atoms with E-state index in [2.05, 4.69) is 25.7 Å². The number of rotatable bonds is 1. The van der Waals surface area contributed by atoms with Gasteiger partial charge in [0.2, 0.25) is 0 Å². The highest BCUT2D eigenvalue weighted by Gasteiger charge is 2.72. The van der Waals surface area contributed by atoms with E-state index in [1.807, 2.05) is 30.3 Å². The summed E-state index contributed by atoms with van der Waals surface area (Å²) in [6, 6.07) is 10.3. The molecule has 2 bridgehead atoms. The van der Waals surface area contributed by atoms with Gasteiger partial charge in [0.25, 0.3) is 5.91 Å². The Labute approximate surface area is 119 Å². The second-order valence-corrected chi connectivity index (χ2v) is 7.18. The molecule has 5 rings (SSSR count). The van der Waals surface area contributed by atoms with Gasteiger partial charge in [0.15, 0.2) is 0 Å². The molecule has 106 valence electrons. The van der Waals surface area contributed by atoms with Gasteiger partial charge in [-0.25, -0.2) is 0 Å². The minimum Gasteiger partial charge on any atom is -0.367 e. The minimum atomic E-state index is -0.159. The van der Waals surface area contributed by atoms with Crippen molar-refractivity contribution in [3.05, 3.63) is 35.9 Å². The molecule has 1 saturated carbocycles. The monoisotopic (exact) mass is 271 g/mol. The first-order valence-electron chi connectivity index (χ1n) is 7.52. The molecule has 4 fully saturated rings. The average Bonchev–Trinajstić information content (AvgIpc) is 3.14. The fraction of sp³-hybridized carbons (Fsp3) is 0.588. The summed E-state index contributed by atoms with van der Waals surface area (Å²) in [6.07, 6.45) is 2.24. The molecule has 4 atom stereocenters. The highest BCUT2D eigenvalue weighted by atomic mass is 16.5. The summed E-state index contributed by atoms with van der Waals surface area (Å²) in [7, 11) is 0. The molecule has 3 nitrogen and oxygen atoms in total. The summed E-state index contributed by atoms with van der Waals surface area (Å²) in [5.74, 6) is 0.641. The maximum absolute atomic E-state index is 12.7. The Hall–Kier alpha value is -1.35. The molecule has 3 heterocycles. The number of carbonyl (C=O) groups excluding carboxylic acids is 1. The molecule has 0 radical (unpaired) electrons. The van der Waals surface area contributed by atoms with E-state index >= 15 is 0 Å². The number of nitrogens with zero attached hydrogens (tertiary/aromatic N) is 1. The molecule has 1 aliphatic carbocycles. The van der Waals surface area contributed by atoms with Gasteiger partial charge in [0.05, 0.1) is 23.3 Å². The smallest absolute Gasteiger partial charge is 0.254 e. The van der Waals surface area contributed by atoms with Gasteiger partial charge in [-0.3, -0.25) is 4.79 Å². The molecule has 20 heavy (non-hydrogen) atoms. The van der Waals surface area contributed by atoms with Gasteiger partial charge in [0.1, 0.15) is 0 Å². The lowest BCUT2D eigenvalue weighted by atomic mass is 9.69. The third-order valence-corrected chi connectivity index (χ3v) is 5.49. The molecule has 1 amide bonds. The van der Waals surface area contributed by atoms with Crippen LogP contribution in [-0.2, 0) is 4.74 Å². The second-order valence-electron chi connectivity index (χ2n) is 7.18. The number of hydrogen-bond acceptors (Lipinski definition) is 2. The first kappa shape index (κ1) is 12.4. The maximum atomic E-state index is 12.7. The van der Waals surface area contributed by atoms with Crippen molar-refractivity contribution in [3.63, 3.8) is 0 Å². The van der Waals surface area contributed by atoms with Gasteiger partial charge in [-0.15, -0.1) is 0 Å². The Morgan fingerprint density at radius 2 is 1.95 bits per heavy atom. The molecule has 3 aliphatic heterocycles. The summed E-state index contributed by atoms with van der Waals surface area (Å²) >= 11 is 0. The van der Waals surface area contributed by atoms with Crippen molar-refractivity contribution in [1.29, 1.82) is 0 Å². The van der Waals surface area contributed by atoms with Crippen molar-refractivity contribution in [2.45, 2.75) is 56.9 Å². The highest BCUT2D eigenvalue weighted by molar-refractivity contribution is 5.96. The van der Waals surface area contributed by atoms with Gasteiger partial charge in [0, 0.05) is 11.5 Å². The second kappa shape index (κ2) is 3.64. The summed E-state index contributed by atoms with van der Waals surface area (Å²) in [6.45, 7) is 6.53. The fourth-order valence-electron chi connectivity index (χ4n) is 4.62. The van der Waals surface area contributed by atoms with Crippen molar-refractivity contribution in [3.8, 4) is 0 Å².